The second-order valence-corrected chi connectivity index (χ2v) is 6.93. The molecule has 0 radical (unpaired) electrons. The molecule has 0 aromatic rings. The molecular weight excluding hydrogens is 288 g/mol. The summed E-state index contributed by atoms with van der Waals surface area (Å²) in [7, 11) is 2.76. The largest absolute Gasteiger partial charge is 0.468 e. The molecule has 0 aliphatic carbocycles. The third kappa shape index (κ3) is 2.95. The number of hydrogen-bond donors (Lipinski definition) is 1. The van der Waals surface area contributed by atoms with Gasteiger partial charge in [0.1, 0.15) is 11.1 Å². The molecule has 126 valence electrons. The van der Waals surface area contributed by atoms with Crippen molar-refractivity contribution < 1.29 is 23.9 Å². The minimum Gasteiger partial charge on any atom is -0.468 e. The lowest BCUT2D eigenvalue weighted by atomic mass is 9.67. The Morgan fingerprint density at radius 3 is 2.27 bits per heavy atom. The minimum absolute atomic E-state index is 0.0949. The first-order valence-corrected chi connectivity index (χ1v) is 7.26. The number of carbonyl (C=O) groups excluding carboxylic acids is 3. The topological polar surface area (TPSA) is 98.9 Å². The van der Waals surface area contributed by atoms with Gasteiger partial charge in [-0.2, -0.15) is 0 Å². The van der Waals surface area contributed by atoms with Crippen LogP contribution in [-0.2, 0) is 23.9 Å². The van der Waals surface area contributed by atoms with Crippen molar-refractivity contribution in [2.24, 2.45) is 11.1 Å². The van der Waals surface area contributed by atoms with Crippen LogP contribution in [0.2, 0.25) is 0 Å². The van der Waals surface area contributed by atoms with E-state index >= 15 is 0 Å². The third-order valence-electron chi connectivity index (χ3n) is 4.00. The monoisotopic (exact) mass is 314 g/mol. The number of methoxy groups -OCH3 is 1. The van der Waals surface area contributed by atoms with Gasteiger partial charge in [0, 0.05) is 13.6 Å². The summed E-state index contributed by atoms with van der Waals surface area (Å²) in [6.45, 7) is 6.86. The van der Waals surface area contributed by atoms with Gasteiger partial charge in [-0.1, -0.05) is 0 Å². The maximum Gasteiger partial charge on any atom is 0.326 e. The molecule has 0 aromatic heterocycles. The summed E-state index contributed by atoms with van der Waals surface area (Å²) in [5.41, 5.74) is 1.79. The number of esters is 2. The molecule has 0 saturated carbocycles. The molecule has 22 heavy (non-hydrogen) atoms. The maximum atomic E-state index is 12.8. The highest BCUT2D eigenvalue weighted by molar-refractivity contribution is 6.08. The van der Waals surface area contributed by atoms with Crippen molar-refractivity contribution >= 4 is 17.8 Å². The van der Waals surface area contributed by atoms with Gasteiger partial charge in [0.25, 0.3) is 0 Å². The molecule has 1 saturated heterocycles. The van der Waals surface area contributed by atoms with E-state index in [1.165, 1.54) is 18.9 Å². The number of nitrogens with zero attached hydrogens (tertiary/aromatic N) is 1. The summed E-state index contributed by atoms with van der Waals surface area (Å²) < 4.78 is 10.2. The Bertz CT molecular complexity index is 481. The first kappa shape index (κ1) is 18.4. The first-order chi connectivity index (χ1) is 9.90. The van der Waals surface area contributed by atoms with E-state index in [1.54, 1.807) is 27.8 Å². The van der Waals surface area contributed by atoms with Crippen LogP contribution in [0.15, 0.2) is 0 Å². The zero-order valence-corrected chi connectivity index (χ0v) is 14.2. The van der Waals surface area contributed by atoms with E-state index < -0.39 is 34.4 Å². The highest BCUT2D eigenvalue weighted by Crippen LogP contribution is 2.41. The smallest absolute Gasteiger partial charge is 0.326 e. The Hall–Kier alpha value is -1.63. The van der Waals surface area contributed by atoms with Crippen LogP contribution in [0.5, 0.6) is 0 Å². The lowest BCUT2D eigenvalue weighted by Crippen LogP contribution is -2.68. The van der Waals surface area contributed by atoms with Crippen molar-refractivity contribution in [3.05, 3.63) is 0 Å². The lowest BCUT2D eigenvalue weighted by molar-refractivity contribution is -0.186. The first-order valence-electron chi connectivity index (χ1n) is 7.26. The summed E-state index contributed by atoms with van der Waals surface area (Å²) in [6, 6.07) is 0. The molecule has 1 aliphatic heterocycles. The van der Waals surface area contributed by atoms with Gasteiger partial charge in [0.2, 0.25) is 5.91 Å². The molecule has 1 aliphatic rings. The number of carbonyl (C=O) groups is 3. The molecule has 1 heterocycles. The summed E-state index contributed by atoms with van der Waals surface area (Å²) in [4.78, 5) is 39.2. The molecule has 7 heteroatoms. The number of amides is 1. The SMILES string of the molecule is COC(=O)[C@]1(C(=O)OC(C)(C)C)CCCN(C)C(=O)[C@@]1(C)N. The van der Waals surface area contributed by atoms with Crippen LogP contribution in [0.3, 0.4) is 0 Å². The van der Waals surface area contributed by atoms with Gasteiger partial charge < -0.3 is 20.1 Å². The van der Waals surface area contributed by atoms with Crippen molar-refractivity contribution in [3.8, 4) is 0 Å². The Morgan fingerprint density at radius 2 is 1.82 bits per heavy atom. The van der Waals surface area contributed by atoms with Gasteiger partial charge in [-0.25, -0.2) is 0 Å². The molecule has 1 fully saturated rings. The highest BCUT2D eigenvalue weighted by atomic mass is 16.6. The van der Waals surface area contributed by atoms with Gasteiger partial charge in [-0.15, -0.1) is 0 Å². The number of hydrogen-bond acceptors (Lipinski definition) is 6. The molecule has 0 unspecified atom stereocenters. The minimum atomic E-state index is -1.85. The van der Waals surface area contributed by atoms with Crippen molar-refractivity contribution in [2.45, 2.75) is 51.7 Å². The summed E-state index contributed by atoms with van der Waals surface area (Å²) >= 11 is 0. The average Bonchev–Trinajstić information content (AvgIpc) is 2.46. The van der Waals surface area contributed by atoms with Gasteiger partial charge in [-0.05, 0) is 40.5 Å². The number of rotatable bonds is 2. The Kier molecular flexibility index (Phi) is 4.91. The fourth-order valence-electron chi connectivity index (χ4n) is 2.77. The van der Waals surface area contributed by atoms with E-state index in [0.29, 0.717) is 13.0 Å². The van der Waals surface area contributed by atoms with Crippen molar-refractivity contribution in [3.63, 3.8) is 0 Å². The molecular formula is C15H26N2O5. The summed E-state index contributed by atoms with van der Waals surface area (Å²) in [6.07, 6.45) is 0.543. The zero-order chi connectivity index (χ0) is 17.3. The zero-order valence-electron chi connectivity index (χ0n) is 14.2. The van der Waals surface area contributed by atoms with Gasteiger partial charge in [0.15, 0.2) is 5.41 Å². The van der Waals surface area contributed by atoms with Crippen LogP contribution in [0, 0.1) is 5.41 Å². The average molecular weight is 314 g/mol. The van der Waals surface area contributed by atoms with Crippen LogP contribution >= 0.6 is 0 Å². The normalized spacial score (nSPS) is 29.8. The molecule has 0 spiro atoms. The molecule has 7 nitrogen and oxygen atoms in total. The number of ether oxygens (including phenoxy) is 2. The highest BCUT2D eigenvalue weighted by Gasteiger charge is 2.65. The fraction of sp³-hybridized carbons (Fsp3) is 0.800. The van der Waals surface area contributed by atoms with Crippen LogP contribution in [0.1, 0.15) is 40.5 Å². The van der Waals surface area contributed by atoms with Crippen molar-refractivity contribution in [1.82, 2.24) is 4.90 Å². The molecule has 1 rings (SSSR count). The van der Waals surface area contributed by atoms with Crippen molar-refractivity contribution in [1.29, 1.82) is 0 Å². The molecule has 0 aromatic carbocycles. The Balaban J connectivity index is 3.46. The Labute approximate surface area is 131 Å². The Morgan fingerprint density at radius 1 is 1.27 bits per heavy atom. The molecule has 2 atom stereocenters. The van der Waals surface area contributed by atoms with E-state index in [4.69, 9.17) is 15.2 Å². The summed E-state index contributed by atoms with van der Waals surface area (Å²) in [5.74, 6) is -2.14. The second kappa shape index (κ2) is 5.87. The predicted molar refractivity (Wildman–Crippen MR) is 79.8 cm³/mol. The third-order valence-corrected chi connectivity index (χ3v) is 4.00. The van der Waals surface area contributed by atoms with Crippen molar-refractivity contribution in [2.75, 3.05) is 20.7 Å². The van der Waals surface area contributed by atoms with Crippen LogP contribution in [0.4, 0.5) is 0 Å². The van der Waals surface area contributed by atoms with Gasteiger partial charge in [0.05, 0.1) is 7.11 Å². The van der Waals surface area contributed by atoms with Crippen LogP contribution in [-0.4, -0.2) is 54.6 Å². The van der Waals surface area contributed by atoms with E-state index in [1.807, 2.05) is 0 Å². The molecule has 0 bridgehead atoms. The fourth-order valence-corrected chi connectivity index (χ4v) is 2.77. The van der Waals surface area contributed by atoms with E-state index in [-0.39, 0.29) is 6.42 Å². The lowest BCUT2D eigenvalue weighted by Gasteiger charge is -2.41. The number of likely N-dealkylation sites (N-methyl/N-ethyl adjacent to an activating group) is 1. The van der Waals surface area contributed by atoms with E-state index in [0.717, 1.165) is 0 Å². The number of likely N-dealkylation sites (tertiary alicyclic amines) is 1. The summed E-state index contributed by atoms with van der Waals surface area (Å²) in [5, 5.41) is 0. The quantitative estimate of drug-likeness (QED) is 0.587. The van der Waals surface area contributed by atoms with E-state index in [9.17, 15) is 14.4 Å². The maximum absolute atomic E-state index is 12.8. The van der Waals surface area contributed by atoms with Crippen LogP contribution < -0.4 is 5.73 Å². The van der Waals surface area contributed by atoms with Gasteiger partial charge in [-0.3, -0.25) is 14.4 Å². The predicted octanol–water partition coefficient (Wildman–Crippen LogP) is 0.457. The number of nitrogens with two attached hydrogens (primary N) is 1. The van der Waals surface area contributed by atoms with E-state index in [2.05, 4.69) is 0 Å². The standard InChI is InChI=1S/C15H26N2O5/c1-13(2,3)22-12(20)15(11(19)21-6)8-7-9-17(5)10(18)14(15,4)16/h7-9,16H2,1-6H3/t14-,15+/m1/s1. The van der Waals surface area contributed by atoms with Gasteiger partial charge >= 0.3 is 11.9 Å². The van der Waals surface area contributed by atoms with Crippen LogP contribution in [0.25, 0.3) is 0 Å². The molecule has 2 N–H and O–H groups in total. The second-order valence-electron chi connectivity index (χ2n) is 6.93. The molecule has 1 amide bonds.